The van der Waals surface area contributed by atoms with E-state index in [2.05, 4.69) is 114 Å². The van der Waals surface area contributed by atoms with Crippen molar-refractivity contribution in [3.05, 3.63) is 138 Å². The van der Waals surface area contributed by atoms with Crippen LogP contribution in [0.1, 0.15) is 0 Å². The molecule has 0 aliphatic heterocycles. The van der Waals surface area contributed by atoms with Crippen molar-refractivity contribution >= 4 is 55.3 Å². The lowest BCUT2D eigenvalue weighted by Crippen LogP contribution is -1.93. The van der Waals surface area contributed by atoms with E-state index in [1.54, 1.807) is 0 Å². The van der Waals surface area contributed by atoms with E-state index in [4.69, 9.17) is 16.0 Å². The van der Waals surface area contributed by atoms with Gasteiger partial charge >= 0.3 is 0 Å². The van der Waals surface area contributed by atoms with Gasteiger partial charge in [0.25, 0.3) is 0 Å². The summed E-state index contributed by atoms with van der Waals surface area (Å²) in [7, 11) is 0. The lowest BCUT2D eigenvalue weighted by Gasteiger charge is -2.09. The third-order valence-corrected chi connectivity index (χ3v) is 7.92. The van der Waals surface area contributed by atoms with Crippen LogP contribution in [0, 0.1) is 0 Å². The van der Waals surface area contributed by atoms with E-state index in [1.807, 2.05) is 24.3 Å². The molecule has 2 aromatic heterocycles. The van der Waals surface area contributed by atoms with Gasteiger partial charge in [-0.15, -0.1) is 0 Å². The summed E-state index contributed by atoms with van der Waals surface area (Å²) in [5, 5.41) is 5.48. The number of fused-ring (bicyclic) bond motifs is 6. The lowest BCUT2D eigenvalue weighted by molar-refractivity contribution is 0.669. The van der Waals surface area contributed by atoms with Crippen molar-refractivity contribution in [1.82, 2.24) is 4.57 Å². The Labute approximate surface area is 230 Å². The van der Waals surface area contributed by atoms with Gasteiger partial charge in [0.05, 0.1) is 11.0 Å². The first-order valence-electron chi connectivity index (χ1n) is 13.0. The number of benzene rings is 6. The van der Waals surface area contributed by atoms with E-state index in [9.17, 15) is 0 Å². The molecular formula is C36H22ClNO. The fourth-order valence-corrected chi connectivity index (χ4v) is 5.91. The maximum atomic E-state index is 6.29. The summed E-state index contributed by atoms with van der Waals surface area (Å²) in [6.45, 7) is 0. The van der Waals surface area contributed by atoms with Crippen LogP contribution >= 0.6 is 11.6 Å². The van der Waals surface area contributed by atoms with E-state index in [0.717, 1.165) is 43.8 Å². The molecule has 0 N–H and O–H groups in total. The molecule has 0 aliphatic carbocycles. The molecule has 39 heavy (non-hydrogen) atoms. The molecule has 0 radical (unpaired) electrons. The van der Waals surface area contributed by atoms with Crippen LogP contribution in [0.2, 0.25) is 5.02 Å². The van der Waals surface area contributed by atoms with Crippen molar-refractivity contribution in [3.63, 3.8) is 0 Å². The molecule has 2 heterocycles. The average Bonchev–Trinajstić information content (AvgIpc) is 3.52. The van der Waals surface area contributed by atoms with Crippen molar-refractivity contribution in [2.24, 2.45) is 0 Å². The topological polar surface area (TPSA) is 18.1 Å². The Morgan fingerprint density at radius 1 is 0.436 bits per heavy atom. The highest BCUT2D eigenvalue weighted by Gasteiger charge is 2.14. The summed E-state index contributed by atoms with van der Waals surface area (Å²) in [6.07, 6.45) is 0. The van der Waals surface area contributed by atoms with Crippen LogP contribution in [0.15, 0.2) is 138 Å². The maximum absolute atomic E-state index is 6.29. The molecule has 184 valence electrons. The Morgan fingerprint density at radius 3 is 1.92 bits per heavy atom. The second kappa shape index (κ2) is 8.62. The molecule has 8 aromatic rings. The van der Waals surface area contributed by atoms with Gasteiger partial charge in [0.2, 0.25) is 0 Å². The minimum Gasteiger partial charge on any atom is -0.456 e. The van der Waals surface area contributed by atoms with Crippen LogP contribution in [0.25, 0.3) is 71.7 Å². The Hall–Kier alpha value is -4.79. The van der Waals surface area contributed by atoms with Crippen LogP contribution in [0.3, 0.4) is 0 Å². The summed E-state index contributed by atoms with van der Waals surface area (Å²) in [4.78, 5) is 0. The highest BCUT2D eigenvalue weighted by molar-refractivity contribution is 6.30. The second-order valence-corrected chi connectivity index (χ2v) is 10.4. The van der Waals surface area contributed by atoms with Crippen molar-refractivity contribution in [3.8, 4) is 27.9 Å². The maximum Gasteiger partial charge on any atom is 0.136 e. The van der Waals surface area contributed by atoms with E-state index in [-0.39, 0.29) is 0 Å². The summed E-state index contributed by atoms with van der Waals surface area (Å²) >= 11 is 6.09. The number of aromatic nitrogens is 1. The summed E-state index contributed by atoms with van der Waals surface area (Å²) < 4.78 is 8.65. The average molecular weight is 520 g/mol. The van der Waals surface area contributed by atoms with Crippen molar-refractivity contribution in [2.75, 3.05) is 0 Å². The van der Waals surface area contributed by atoms with Crippen LogP contribution in [0.4, 0.5) is 0 Å². The first-order chi connectivity index (χ1) is 19.2. The van der Waals surface area contributed by atoms with Crippen LogP contribution in [-0.2, 0) is 0 Å². The molecule has 0 bridgehead atoms. The monoisotopic (exact) mass is 519 g/mol. The summed E-state index contributed by atoms with van der Waals surface area (Å²) in [5.41, 5.74) is 9.91. The molecule has 8 rings (SSSR count). The van der Waals surface area contributed by atoms with Gasteiger partial charge in [0.1, 0.15) is 11.2 Å². The van der Waals surface area contributed by atoms with Crippen LogP contribution < -0.4 is 0 Å². The largest absolute Gasteiger partial charge is 0.456 e. The third-order valence-electron chi connectivity index (χ3n) is 7.67. The van der Waals surface area contributed by atoms with Gasteiger partial charge in [-0.2, -0.15) is 0 Å². The highest BCUT2D eigenvalue weighted by atomic mass is 35.5. The van der Waals surface area contributed by atoms with Crippen molar-refractivity contribution < 1.29 is 4.42 Å². The number of rotatable bonds is 3. The molecule has 6 aromatic carbocycles. The first kappa shape index (κ1) is 22.2. The zero-order valence-corrected chi connectivity index (χ0v) is 21.7. The fourth-order valence-electron chi connectivity index (χ4n) is 5.78. The van der Waals surface area contributed by atoms with Gasteiger partial charge < -0.3 is 8.98 Å². The smallest absolute Gasteiger partial charge is 0.136 e. The van der Waals surface area contributed by atoms with Gasteiger partial charge in [-0.3, -0.25) is 0 Å². The summed E-state index contributed by atoms with van der Waals surface area (Å²) in [6, 6.07) is 46.8. The zero-order chi connectivity index (χ0) is 25.9. The van der Waals surface area contributed by atoms with E-state index >= 15 is 0 Å². The fraction of sp³-hybridized carbons (Fsp3) is 0. The first-order valence-corrected chi connectivity index (χ1v) is 13.4. The van der Waals surface area contributed by atoms with Crippen molar-refractivity contribution in [2.45, 2.75) is 0 Å². The molecule has 0 atom stereocenters. The highest BCUT2D eigenvalue weighted by Crippen LogP contribution is 2.38. The predicted octanol–water partition coefficient (Wildman–Crippen LogP) is 10.7. The van der Waals surface area contributed by atoms with Crippen molar-refractivity contribution in [1.29, 1.82) is 0 Å². The second-order valence-electron chi connectivity index (χ2n) is 9.95. The standard InChI is InChI=1S/C36H22ClNO/c37-27-15-10-23(11-16-27)26-13-18-31-32-20-24(14-19-35(32)39-36(31)22-26)25-12-17-30-29-8-4-5-9-33(29)38(34(30)21-25)28-6-2-1-3-7-28/h1-22H. The lowest BCUT2D eigenvalue weighted by atomic mass is 10.00. The molecule has 0 fully saturated rings. The Bertz CT molecular complexity index is 2170. The van der Waals surface area contributed by atoms with E-state index < -0.39 is 0 Å². The Morgan fingerprint density at radius 2 is 1.08 bits per heavy atom. The Balaban J connectivity index is 1.29. The molecule has 2 nitrogen and oxygen atoms in total. The van der Waals surface area contributed by atoms with Gasteiger partial charge in [0.15, 0.2) is 0 Å². The van der Waals surface area contributed by atoms with Crippen LogP contribution in [-0.4, -0.2) is 4.57 Å². The normalized spacial score (nSPS) is 11.7. The van der Waals surface area contributed by atoms with Gasteiger partial charge in [-0.05, 0) is 82.9 Å². The molecular weight excluding hydrogens is 498 g/mol. The van der Waals surface area contributed by atoms with Gasteiger partial charge in [-0.25, -0.2) is 0 Å². The third kappa shape index (κ3) is 3.57. The quantitative estimate of drug-likeness (QED) is 0.227. The Kier molecular flexibility index (Phi) is 4.91. The van der Waals surface area contributed by atoms with E-state index in [1.165, 1.54) is 32.9 Å². The molecule has 0 saturated carbocycles. The molecule has 0 spiro atoms. The molecule has 0 amide bonds. The van der Waals surface area contributed by atoms with Gasteiger partial charge in [0, 0.05) is 32.3 Å². The number of halogens is 1. The number of para-hydroxylation sites is 2. The summed E-state index contributed by atoms with van der Waals surface area (Å²) in [5.74, 6) is 0. The number of nitrogens with zero attached hydrogens (tertiary/aromatic N) is 1. The SMILES string of the molecule is Clc1ccc(-c2ccc3c(c2)oc2ccc(-c4ccc5c6ccccc6n(-c6ccccc6)c5c4)cc23)cc1. The molecule has 0 unspecified atom stereocenters. The number of furan rings is 1. The van der Waals surface area contributed by atoms with E-state index in [0.29, 0.717) is 0 Å². The predicted molar refractivity (Wildman–Crippen MR) is 164 cm³/mol. The number of hydrogen-bond donors (Lipinski definition) is 0. The minimum atomic E-state index is 0.735. The number of hydrogen-bond acceptors (Lipinski definition) is 1. The van der Waals surface area contributed by atoms with Gasteiger partial charge in [-0.1, -0.05) is 84.4 Å². The zero-order valence-electron chi connectivity index (χ0n) is 20.9. The molecule has 3 heteroatoms. The minimum absolute atomic E-state index is 0.735. The van der Waals surface area contributed by atoms with Crippen LogP contribution in [0.5, 0.6) is 0 Å². The molecule has 0 saturated heterocycles. The molecule has 0 aliphatic rings.